The van der Waals surface area contributed by atoms with Gasteiger partial charge in [-0.05, 0) is 39.5 Å². The van der Waals surface area contributed by atoms with E-state index in [2.05, 4.69) is 26.8 Å². The predicted octanol–water partition coefficient (Wildman–Crippen LogP) is 3.36. The second-order valence-electron chi connectivity index (χ2n) is 3.24. The van der Waals surface area contributed by atoms with E-state index in [-0.39, 0.29) is 0 Å². The van der Waals surface area contributed by atoms with Crippen LogP contribution in [0.25, 0.3) is 0 Å². The molecule has 0 aliphatic carbocycles. The monoisotopic (exact) mass is 169 g/mol. The molecule has 1 nitrogen and oxygen atoms in total. The fourth-order valence-corrected chi connectivity index (χ4v) is 0.943. The lowest BCUT2D eigenvalue weighted by atomic mass is 10.2. The van der Waals surface area contributed by atoms with Crippen molar-refractivity contribution in [1.82, 2.24) is 0 Å². The molecule has 0 aromatic rings. The van der Waals surface area contributed by atoms with Crippen LogP contribution in [-0.2, 0) is 4.74 Å². The summed E-state index contributed by atoms with van der Waals surface area (Å²) in [6, 6.07) is 0. The van der Waals surface area contributed by atoms with Crippen molar-refractivity contribution in [3.8, 4) is 0 Å². The highest BCUT2D eigenvalue weighted by Gasteiger charge is 1.87. The van der Waals surface area contributed by atoms with Crippen molar-refractivity contribution in [1.29, 1.82) is 0 Å². The summed E-state index contributed by atoms with van der Waals surface area (Å²) in [5.41, 5.74) is 1.41. The molecule has 0 bridgehead atoms. The standard InChI is InChI=1S/C11H21O/c1-4-9-12-10-7-5-6-8-11(2)3/h8H,1,4-7,9-10H2,2-3H3. The minimum Gasteiger partial charge on any atom is -0.381 e. The first-order valence-corrected chi connectivity index (χ1v) is 4.77. The predicted molar refractivity (Wildman–Crippen MR) is 54.1 cm³/mol. The normalized spacial score (nSPS) is 9.92. The van der Waals surface area contributed by atoms with Gasteiger partial charge in [0.15, 0.2) is 0 Å². The molecule has 0 fully saturated rings. The minimum atomic E-state index is 0.808. The van der Waals surface area contributed by atoms with Crippen LogP contribution in [0.3, 0.4) is 0 Å². The molecule has 0 atom stereocenters. The molecule has 0 spiro atoms. The van der Waals surface area contributed by atoms with Crippen molar-refractivity contribution < 1.29 is 4.74 Å². The molecule has 0 aromatic heterocycles. The molecule has 71 valence electrons. The lowest BCUT2D eigenvalue weighted by molar-refractivity contribution is 0.134. The van der Waals surface area contributed by atoms with E-state index < -0.39 is 0 Å². The maximum absolute atomic E-state index is 5.31. The van der Waals surface area contributed by atoms with Gasteiger partial charge in [0.25, 0.3) is 0 Å². The van der Waals surface area contributed by atoms with E-state index in [9.17, 15) is 0 Å². The highest BCUT2D eigenvalue weighted by molar-refractivity contribution is 4.92. The second kappa shape index (κ2) is 8.79. The van der Waals surface area contributed by atoms with E-state index in [1.165, 1.54) is 24.8 Å². The summed E-state index contributed by atoms with van der Waals surface area (Å²) in [5.74, 6) is 0. The third kappa shape index (κ3) is 9.70. The van der Waals surface area contributed by atoms with Gasteiger partial charge in [-0.3, -0.25) is 0 Å². The molecular formula is C11H21O. The molecule has 0 saturated heterocycles. The highest BCUT2D eigenvalue weighted by atomic mass is 16.5. The van der Waals surface area contributed by atoms with Gasteiger partial charge in [0, 0.05) is 13.2 Å². The van der Waals surface area contributed by atoms with Crippen LogP contribution in [0, 0.1) is 6.92 Å². The van der Waals surface area contributed by atoms with Crippen molar-refractivity contribution in [3.05, 3.63) is 18.6 Å². The van der Waals surface area contributed by atoms with Crippen molar-refractivity contribution >= 4 is 0 Å². The zero-order valence-electron chi connectivity index (χ0n) is 8.44. The van der Waals surface area contributed by atoms with Crippen LogP contribution in [0.15, 0.2) is 11.6 Å². The summed E-state index contributed by atoms with van der Waals surface area (Å²) < 4.78 is 5.31. The molecule has 1 heteroatoms. The average molecular weight is 169 g/mol. The van der Waals surface area contributed by atoms with Gasteiger partial charge in [-0.1, -0.05) is 18.6 Å². The Hall–Kier alpha value is -0.300. The number of rotatable bonds is 7. The summed E-state index contributed by atoms with van der Waals surface area (Å²) in [6.07, 6.45) is 6.76. The van der Waals surface area contributed by atoms with Gasteiger partial charge in [-0.15, -0.1) is 0 Å². The Morgan fingerprint density at radius 2 is 2.00 bits per heavy atom. The smallest absolute Gasteiger partial charge is 0.0466 e. The fraction of sp³-hybridized carbons (Fsp3) is 0.727. The Balaban J connectivity index is 2.96. The number of ether oxygens (including phenoxy) is 1. The Bertz CT molecular complexity index is 112. The number of unbranched alkanes of at least 4 members (excludes halogenated alkanes) is 2. The van der Waals surface area contributed by atoms with Crippen molar-refractivity contribution in [2.45, 2.75) is 39.5 Å². The van der Waals surface area contributed by atoms with Crippen molar-refractivity contribution in [2.75, 3.05) is 13.2 Å². The first kappa shape index (κ1) is 11.7. The van der Waals surface area contributed by atoms with Gasteiger partial charge >= 0.3 is 0 Å². The van der Waals surface area contributed by atoms with E-state index in [0.717, 1.165) is 19.6 Å². The first-order valence-electron chi connectivity index (χ1n) is 4.77. The van der Waals surface area contributed by atoms with E-state index >= 15 is 0 Å². The van der Waals surface area contributed by atoms with Crippen molar-refractivity contribution in [2.24, 2.45) is 0 Å². The Labute approximate surface area is 76.8 Å². The molecule has 0 aromatic carbocycles. The van der Waals surface area contributed by atoms with Crippen LogP contribution >= 0.6 is 0 Å². The molecule has 0 saturated carbocycles. The quantitative estimate of drug-likeness (QED) is 0.419. The Kier molecular flexibility index (Phi) is 8.57. The maximum atomic E-state index is 5.31. The van der Waals surface area contributed by atoms with Gasteiger partial charge in [-0.2, -0.15) is 0 Å². The third-order valence-electron chi connectivity index (χ3n) is 1.58. The maximum Gasteiger partial charge on any atom is 0.0466 e. The largest absolute Gasteiger partial charge is 0.381 e. The SMILES string of the molecule is [CH2]CCOCCCCC=C(C)C. The molecule has 12 heavy (non-hydrogen) atoms. The molecule has 0 heterocycles. The van der Waals surface area contributed by atoms with Crippen LogP contribution in [0.5, 0.6) is 0 Å². The molecule has 0 rings (SSSR count). The van der Waals surface area contributed by atoms with Gasteiger partial charge in [0.2, 0.25) is 0 Å². The lowest BCUT2D eigenvalue weighted by Gasteiger charge is -2.00. The van der Waals surface area contributed by atoms with Crippen LogP contribution in [0.2, 0.25) is 0 Å². The zero-order valence-corrected chi connectivity index (χ0v) is 8.44. The average Bonchev–Trinajstić information content (AvgIpc) is 2.02. The summed E-state index contributed by atoms with van der Waals surface area (Å²) >= 11 is 0. The first-order chi connectivity index (χ1) is 5.77. The van der Waals surface area contributed by atoms with E-state index in [1.807, 2.05) is 0 Å². The number of hydrogen-bond acceptors (Lipinski definition) is 1. The molecule has 0 unspecified atom stereocenters. The van der Waals surface area contributed by atoms with Gasteiger partial charge < -0.3 is 4.74 Å². The number of hydrogen-bond donors (Lipinski definition) is 0. The van der Waals surface area contributed by atoms with Gasteiger partial charge in [0.05, 0.1) is 0 Å². The molecule has 0 aliphatic rings. The summed E-state index contributed by atoms with van der Waals surface area (Å²) in [4.78, 5) is 0. The van der Waals surface area contributed by atoms with E-state index in [4.69, 9.17) is 4.74 Å². The van der Waals surface area contributed by atoms with Gasteiger partial charge in [-0.25, -0.2) is 0 Å². The van der Waals surface area contributed by atoms with Crippen LogP contribution in [-0.4, -0.2) is 13.2 Å². The van der Waals surface area contributed by atoms with Crippen LogP contribution in [0.4, 0.5) is 0 Å². The third-order valence-corrected chi connectivity index (χ3v) is 1.58. The summed E-state index contributed by atoms with van der Waals surface area (Å²) in [6.45, 7) is 9.69. The number of allylic oxidation sites excluding steroid dienone is 2. The van der Waals surface area contributed by atoms with Crippen LogP contribution in [0.1, 0.15) is 39.5 Å². The molecule has 0 amide bonds. The van der Waals surface area contributed by atoms with Gasteiger partial charge in [0.1, 0.15) is 0 Å². The minimum absolute atomic E-state index is 0.808. The second-order valence-corrected chi connectivity index (χ2v) is 3.24. The Morgan fingerprint density at radius 1 is 1.25 bits per heavy atom. The van der Waals surface area contributed by atoms with E-state index in [1.54, 1.807) is 0 Å². The van der Waals surface area contributed by atoms with E-state index in [0.29, 0.717) is 0 Å². The molecule has 0 N–H and O–H groups in total. The Morgan fingerprint density at radius 3 is 2.58 bits per heavy atom. The molecular weight excluding hydrogens is 148 g/mol. The fourth-order valence-electron chi connectivity index (χ4n) is 0.943. The van der Waals surface area contributed by atoms with Crippen LogP contribution < -0.4 is 0 Å². The summed E-state index contributed by atoms with van der Waals surface area (Å²) in [7, 11) is 0. The topological polar surface area (TPSA) is 9.23 Å². The highest BCUT2D eigenvalue weighted by Crippen LogP contribution is 2.00. The van der Waals surface area contributed by atoms with Crippen molar-refractivity contribution in [3.63, 3.8) is 0 Å². The lowest BCUT2D eigenvalue weighted by Crippen LogP contribution is -1.94. The summed E-state index contributed by atoms with van der Waals surface area (Å²) in [5, 5.41) is 0. The molecule has 0 aliphatic heterocycles. The zero-order chi connectivity index (χ0) is 9.23. The molecule has 1 radical (unpaired) electrons.